The van der Waals surface area contributed by atoms with Crippen molar-refractivity contribution < 1.29 is 9.47 Å². The Hall–Kier alpha value is -1.84. The van der Waals surface area contributed by atoms with Crippen LogP contribution in [0.1, 0.15) is 45.2 Å². The van der Waals surface area contributed by atoms with E-state index in [9.17, 15) is 0 Å². The summed E-state index contributed by atoms with van der Waals surface area (Å²) in [6, 6.07) is 8.58. The number of nitrogens with zero attached hydrogens (tertiary/aromatic N) is 2. The third kappa shape index (κ3) is 3.63. The third-order valence-electron chi connectivity index (χ3n) is 3.34. The molecule has 2 aliphatic rings. The molecule has 0 amide bonds. The van der Waals surface area contributed by atoms with Gasteiger partial charge in [0, 0.05) is 11.1 Å². The predicted molar refractivity (Wildman–Crippen MR) is 86.3 cm³/mol. The van der Waals surface area contributed by atoms with Crippen molar-refractivity contribution in [3.8, 4) is 0 Å². The molecule has 2 atom stereocenters. The minimum Gasteiger partial charge on any atom is -0.475 e. The standard InChI is InChI=1S/C15H18N2O2.C2H6/c1-3-13-9-19-15(17-13)12-6-4-5-11(7-12)14-16-10(2)8-18-14;1-2/h4-7,10,13H,3,8-9H2,1-2H3;1-2H3. The molecule has 21 heavy (non-hydrogen) atoms. The molecule has 4 heteroatoms. The second-order valence-electron chi connectivity index (χ2n) is 4.98. The Morgan fingerprint density at radius 2 is 1.67 bits per heavy atom. The maximum absolute atomic E-state index is 5.65. The van der Waals surface area contributed by atoms with Crippen LogP contribution in [-0.2, 0) is 9.47 Å². The van der Waals surface area contributed by atoms with E-state index in [4.69, 9.17) is 9.47 Å². The fourth-order valence-corrected chi connectivity index (χ4v) is 2.20. The van der Waals surface area contributed by atoms with Crippen molar-refractivity contribution in [2.75, 3.05) is 13.2 Å². The summed E-state index contributed by atoms with van der Waals surface area (Å²) >= 11 is 0. The highest BCUT2D eigenvalue weighted by molar-refractivity contribution is 6.00. The van der Waals surface area contributed by atoms with Crippen LogP contribution in [-0.4, -0.2) is 37.1 Å². The molecule has 0 aliphatic carbocycles. The zero-order valence-electron chi connectivity index (χ0n) is 13.3. The van der Waals surface area contributed by atoms with Crippen LogP contribution in [0.25, 0.3) is 0 Å². The number of rotatable bonds is 3. The Labute approximate surface area is 126 Å². The van der Waals surface area contributed by atoms with E-state index in [1.165, 1.54) is 0 Å². The van der Waals surface area contributed by atoms with Crippen LogP contribution < -0.4 is 0 Å². The Bertz CT molecular complexity index is 537. The fraction of sp³-hybridized carbons (Fsp3) is 0.529. The van der Waals surface area contributed by atoms with Crippen LogP contribution in [0.2, 0.25) is 0 Å². The van der Waals surface area contributed by atoms with Crippen molar-refractivity contribution in [1.82, 2.24) is 0 Å². The van der Waals surface area contributed by atoms with Gasteiger partial charge in [0.2, 0.25) is 11.8 Å². The van der Waals surface area contributed by atoms with Crippen LogP contribution in [0, 0.1) is 0 Å². The predicted octanol–water partition coefficient (Wildman–Crippen LogP) is 3.43. The summed E-state index contributed by atoms with van der Waals surface area (Å²) in [4.78, 5) is 9.04. The molecule has 0 saturated heterocycles. The molecule has 0 radical (unpaired) electrons. The topological polar surface area (TPSA) is 43.2 Å². The number of hydrogen-bond donors (Lipinski definition) is 0. The van der Waals surface area contributed by atoms with E-state index in [1.54, 1.807) is 0 Å². The van der Waals surface area contributed by atoms with Gasteiger partial charge >= 0.3 is 0 Å². The highest BCUT2D eigenvalue weighted by Gasteiger charge is 2.20. The maximum atomic E-state index is 5.65. The first-order chi connectivity index (χ1) is 10.3. The Morgan fingerprint density at radius 1 is 1.05 bits per heavy atom. The zero-order valence-corrected chi connectivity index (χ0v) is 13.3. The van der Waals surface area contributed by atoms with Crippen LogP contribution in [0.15, 0.2) is 34.3 Å². The maximum Gasteiger partial charge on any atom is 0.216 e. The van der Waals surface area contributed by atoms with Gasteiger partial charge in [-0.15, -0.1) is 0 Å². The number of hydrogen-bond acceptors (Lipinski definition) is 4. The molecular weight excluding hydrogens is 264 g/mol. The lowest BCUT2D eigenvalue weighted by molar-refractivity contribution is 0.315. The van der Waals surface area contributed by atoms with Gasteiger partial charge in [-0.25, -0.2) is 9.98 Å². The lowest BCUT2D eigenvalue weighted by atomic mass is 10.1. The average Bonchev–Trinajstić information content (AvgIpc) is 3.18. The molecule has 4 nitrogen and oxygen atoms in total. The average molecular weight is 288 g/mol. The summed E-state index contributed by atoms with van der Waals surface area (Å²) in [6.07, 6.45) is 1.01. The summed E-state index contributed by atoms with van der Waals surface area (Å²) in [7, 11) is 0. The number of benzene rings is 1. The van der Waals surface area contributed by atoms with Crippen molar-refractivity contribution in [1.29, 1.82) is 0 Å². The van der Waals surface area contributed by atoms with Gasteiger partial charge in [0.05, 0.1) is 12.1 Å². The summed E-state index contributed by atoms with van der Waals surface area (Å²) in [5.74, 6) is 1.46. The Balaban J connectivity index is 0.000000774. The third-order valence-corrected chi connectivity index (χ3v) is 3.34. The second kappa shape index (κ2) is 7.25. The quantitative estimate of drug-likeness (QED) is 0.855. The van der Waals surface area contributed by atoms with E-state index < -0.39 is 0 Å². The monoisotopic (exact) mass is 288 g/mol. The normalized spacial score (nSPS) is 23.4. The molecule has 3 rings (SSSR count). The molecule has 1 aromatic rings. The molecule has 0 aromatic heterocycles. The fourth-order valence-electron chi connectivity index (χ4n) is 2.20. The summed E-state index contributed by atoms with van der Waals surface area (Å²) in [6.45, 7) is 9.52. The largest absolute Gasteiger partial charge is 0.475 e. The van der Waals surface area contributed by atoms with Crippen LogP contribution in [0.4, 0.5) is 0 Å². The smallest absolute Gasteiger partial charge is 0.216 e. The van der Waals surface area contributed by atoms with E-state index in [0.717, 1.165) is 29.3 Å². The van der Waals surface area contributed by atoms with Crippen molar-refractivity contribution in [3.63, 3.8) is 0 Å². The number of ether oxygens (including phenoxy) is 2. The molecule has 0 spiro atoms. The van der Waals surface area contributed by atoms with Gasteiger partial charge < -0.3 is 9.47 Å². The Kier molecular flexibility index (Phi) is 5.37. The van der Waals surface area contributed by atoms with E-state index in [1.807, 2.05) is 45.0 Å². The van der Waals surface area contributed by atoms with Gasteiger partial charge in [0.15, 0.2) is 0 Å². The first-order valence-corrected chi connectivity index (χ1v) is 7.78. The molecule has 1 aromatic carbocycles. The summed E-state index contributed by atoms with van der Waals surface area (Å²) in [5, 5.41) is 0. The van der Waals surface area contributed by atoms with Gasteiger partial charge in [-0.05, 0) is 31.5 Å². The molecule has 2 unspecified atom stereocenters. The van der Waals surface area contributed by atoms with E-state index >= 15 is 0 Å². The van der Waals surface area contributed by atoms with E-state index in [0.29, 0.717) is 19.3 Å². The van der Waals surface area contributed by atoms with Crippen molar-refractivity contribution in [3.05, 3.63) is 35.4 Å². The molecule has 0 fully saturated rings. The first-order valence-electron chi connectivity index (χ1n) is 7.78. The zero-order chi connectivity index (χ0) is 15.2. The first kappa shape index (κ1) is 15.5. The minimum absolute atomic E-state index is 0.239. The number of aliphatic imine (C=N–C) groups is 2. The van der Waals surface area contributed by atoms with Crippen LogP contribution >= 0.6 is 0 Å². The van der Waals surface area contributed by atoms with Gasteiger partial charge in [0.1, 0.15) is 13.2 Å². The summed E-state index contributed by atoms with van der Waals surface area (Å²) < 4.78 is 11.2. The highest BCUT2D eigenvalue weighted by Crippen LogP contribution is 2.17. The van der Waals surface area contributed by atoms with E-state index in [2.05, 4.69) is 16.9 Å². The summed E-state index contributed by atoms with van der Waals surface area (Å²) in [5.41, 5.74) is 1.99. The second-order valence-corrected chi connectivity index (χ2v) is 4.98. The van der Waals surface area contributed by atoms with Crippen molar-refractivity contribution in [2.45, 2.75) is 46.2 Å². The molecule has 2 aliphatic heterocycles. The highest BCUT2D eigenvalue weighted by atomic mass is 16.5. The molecule has 0 saturated carbocycles. The van der Waals surface area contributed by atoms with Crippen LogP contribution in [0.3, 0.4) is 0 Å². The van der Waals surface area contributed by atoms with Crippen molar-refractivity contribution in [2.24, 2.45) is 9.98 Å². The van der Waals surface area contributed by atoms with Gasteiger partial charge in [-0.2, -0.15) is 0 Å². The molecule has 2 heterocycles. The molecule has 0 bridgehead atoms. The van der Waals surface area contributed by atoms with Crippen LogP contribution in [0.5, 0.6) is 0 Å². The Morgan fingerprint density at radius 3 is 2.19 bits per heavy atom. The lowest BCUT2D eigenvalue weighted by Gasteiger charge is -2.05. The molecule has 0 N–H and O–H groups in total. The minimum atomic E-state index is 0.239. The molecular formula is C17H24N2O2. The van der Waals surface area contributed by atoms with Crippen molar-refractivity contribution >= 4 is 11.8 Å². The molecule has 114 valence electrons. The van der Waals surface area contributed by atoms with Gasteiger partial charge in [-0.1, -0.05) is 26.8 Å². The SMILES string of the molecule is CC.CCC1COC(c2cccc(C3=NC(C)CO3)c2)=N1. The van der Waals surface area contributed by atoms with E-state index in [-0.39, 0.29) is 6.04 Å². The lowest BCUT2D eigenvalue weighted by Crippen LogP contribution is -2.06. The van der Waals surface area contributed by atoms with Gasteiger partial charge in [-0.3, -0.25) is 0 Å². The van der Waals surface area contributed by atoms with Gasteiger partial charge in [0.25, 0.3) is 0 Å².